The van der Waals surface area contributed by atoms with Gasteiger partial charge in [0.2, 0.25) is 5.89 Å². The van der Waals surface area contributed by atoms with E-state index < -0.39 is 18.7 Å². The maximum atomic E-state index is 13.1. The predicted octanol–water partition coefficient (Wildman–Crippen LogP) is 3.84. The molecule has 10 heteroatoms. The van der Waals surface area contributed by atoms with Gasteiger partial charge in [-0.2, -0.15) is 0 Å². The van der Waals surface area contributed by atoms with Crippen LogP contribution in [0.25, 0.3) is 10.8 Å². The summed E-state index contributed by atoms with van der Waals surface area (Å²) in [6, 6.07) is 9.84. The Morgan fingerprint density at radius 2 is 2.10 bits per heavy atom. The van der Waals surface area contributed by atoms with Gasteiger partial charge in [0.1, 0.15) is 24.0 Å². The third-order valence-corrected chi connectivity index (χ3v) is 7.13. The van der Waals surface area contributed by atoms with Crippen LogP contribution in [-0.4, -0.2) is 46.2 Å². The molecule has 8 nitrogen and oxygen atoms in total. The van der Waals surface area contributed by atoms with Gasteiger partial charge in [-0.05, 0) is 18.1 Å². The van der Waals surface area contributed by atoms with E-state index in [-0.39, 0.29) is 5.91 Å². The van der Waals surface area contributed by atoms with E-state index in [1.165, 1.54) is 21.9 Å². The lowest BCUT2D eigenvalue weighted by molar-refractivity contribution is -0.136. The standard InChI is InChI=1S/C20H19N3O5S2/c1-12-16-19(26)22(11-15(24)25)30-23(14(27-2)10-13-6-4-3-5-7-13)20(16)29-17(12)18-21-8-9-28-18/h3-9,14H,10-11H2,1-2H3,(H,24,25). The Morgan fingerprint density at radius 3 is 2.73 bits per heavy atom. The fourth-order valence-electron chi connectivity index (χ4n) is 3.23. The largest absolute Gasteiger partial charge is 0.480 e. The first-order chi connectivity index (χ1) is 14.5. The predicted molar refractivity (Wildman–Crippen MR) is 114 cm³/mol. The molecule has 1 unspecified atom stereocenters. The molecule has 0 saturated carbocycles. The Bertz CT molecular complexity index is 1050. The number of carboxylic acids is 1. The van der Waals surface area contributed by atoms with Crippen LogP contribution in [0, 0.1) is 6.92 Å². The number of carboxylic acid groups (broad SMARTS) is 1. The molecular formula is C20H19N3O5S2. The van der Waals surface area contributed by atoms with Crippen LogP contribution in [0.1, 0.15) is 21.5 Å². The summed E-state index contributed by atoms with van der Waals surface area (Å²) in [5.41, 5.74) is 2.22. The normalized spacial score (nSPS) is 14.7. The molecule has 156 valence electrons. The molecule has 0 saturated heterocycles. The van der Waals surface area contributed by atoms with Gasteiger partial charge in [0, 0.05) is 13.5 Å². The van der Waals surface area contributed by atoms with Crippen LogP contribution in [0.5, 0.6) is 0 Å². The summed E-state index contributed by atoms with van der Waals surface area (Å²) in [6.07, 6.45) is 3.16. The van der Waals surface area contributed by atoms with Crippen LogP contribution in [0.3, 0.4) is 0 Å². The van der Waals surface area contributed by atoms with Crippen molar-refractivity contribution in [1.29, 1.82) is 0 Å². The second-order valence-corrected chi connectivity index (χ2v) is 8.59. The second-order valence-electron chi connectivity index (χ2n) is 6.60. The van der Waals surface area contributed by atoms with Crippen LogP contribution in [0.15, 0.2) is 47.2 Å². The van der Waals surface area contributed by atoms with Gasteiger partial charge in [0.25, 0.3) is 5.91 Å². The van der Waals surface area contributed by atoms with Crippen molar-refractivity contribution in [3.8, 4) is 10.8 Å². The van der Waals surface area contributed by atoms with E-state index in [0.29, 0.717) is 28.4 Å². The van der Waals surface area contributed by atoms with E-state index in [9.17, 15) is 14.7 Å². The Morgan fingerprint density at radius 1 is 1.33 bits per heavy atom. The van der Waals surface area contributed by atoms with Gasteiger partial charge in [-0.25, -0.2) is 4.98 Å². The second kappa shape index (κ2) is 8.50. The number of fused-ring (bicyclic) bond motifs is 1. The van der Waals surface area contributed by atoms with E-state index in [4.69, 9.17) is 9.15 Å². The lowest BCUT2D eigenvalue weighted by Crippen LogP contribution is -2.44. The molecule has 0 spiro atoms. The number of aliphatic carboxylic acids is 1. The quantitative estimate of drug-likeness (QED) is 0.548. The van der Waals surface area contributed by atoms with Crippen molar-refractivity contribution in [1.82, 2.24) is 9.29 Å². The fraction of sp³-hybridized carbons (Fsp3) is 0.250. The molecular weight excluding hydrogens is 426 g/mol. The molecule has 3 heterocycles. The molecule has 1 amide bonds. The number of thiophene rings is 1. The molecule has 1 atom stereocenters. The number of nitrogens with zero attached hydrogens (tertiary/aromatic N) is 3. The molecule has 1 aromatic carbocycles. The van der Waals surface area contributed by atoms with E-state index in [1.54, 1.807) is 13.3 Å². The van der Waals surface area contributed by atoms with E-state index in [0.717, 1.165) is 22.6 Å². The van der Waals surface area contributed by atoms with Crippen molar-refractivity contribution in [2.75, 3.05) is 18.0 Å². The van der Waals surface area contributed by atoms with Crippen molar-refractivity contribution >= 4 is 40.3 Å². The van der Waals surface area contributed by atoms with Crippen LogP contribution < -0.4 is 4.31 Å². The number of aromatic nitrogens is 1. The molecule has 1 aliphatic rings. The number of amides is 1. The molecule has 4 rings (SSSR count). The van der Waals surface area contributed by atoms with Crippen LogP contribution >= 0.6 is 23.5 Å². The number of carbonyl (C=O) groups is 2. The summed E-state index contributed by atoms with van der Waals surface area (Å²) >= 11 is 2.43. The minimum Gasteiger partial charge on any atom is -0.480 e. The first-order valence-corrected chi connectivity index (χ1v) is 10.6. The van der Waals surface area contributed by atoms with E-state index in [1.807, 2.05) is 41.6 Å². The highest BCUT2D eigenvalue weighted by molar-refractivity contribution is 7.99. The molecule has 30 heavy (non-hydrogen) atoms. The molecule has 2 aromatic heterocycles. The zero-order valence-electron chi connectivity index (χ0n) is 16.3. The average molecular weight is 446 g/mol. The van der Waals surface area contributed by atoms with Gasteiger partial charge in [-0.3, -0.25) is 18.2 Å². The zero-order chi connectivity index (χ0) is 21.3. The molecule has 0 radical (unpaired) electrons. The number of ether oxygens (including phenoxy) is 1. The zero-order valence-corrected chi connectivity index (χ0v) is 17.9. The molecule has 1 N–H and O–H groups in total. The fourth-order valence-corrected chi connectivity index (χ4v) is 5.61. The highest BCUT2D eigenvalue weighted by atomic mass is 32.2. The summed E-state index contributed by atoms with van der Waals surface area (Å²) in [7, 11) is 1.60. The third-order valence-electron chi connectivity index (χ3n) is 4.65. The minimum atomic E-state index is -1.09. The Hall–Kier alpha value is -2.82. The number of rotatable bonds is 7. The number of methoxy groups -OCH3 is 1. The van der Waals surface area contributed by atoms with Crippen LogP contribution in [0.4, 0.5) is 5.00 Å². The van der Waals surface area contributed by atoms with Gasteiger partial charge in [0.05, 0.1) is 28.8 Å². The summed E-state index contributed by atoms with van der Waals surface area (Å²) in [4.78, 5) is 29.4. The van der Waals surface area contributed by atoms with Gasteiger partial charge in [0.15, 0.2) is 0 Å². The number of carbonyl (C=O) groups excluding carboxylic acids is 1. The number of hydrogen-bond donors (Lipinski definition) is 1. The summed E-state index contributed by atoms with van der Waals surface area (Å²) in [5, 5.41) is 9.99. The average Bonchev–Trinajstić information content (AvgIpc) is 3.37. The highest BCUT2D eigenvalue weighted by Gasteiger charge is 2.40. The van der Waals surface area contributed by atoms with E-state index in [2.05, 4.69) is 4.98 Å². The van der Waals surface area contributed by atoms with Crippen LogP contribution in [0.2, 0.25) is 0 Å². The monoisotopic (exact) mass is 445 g/mol. The van der Waals surface area contributed by atoms with Crippen molar-refractivity contribution in [3.63, 3.8) is 0 Å². The number of oxazole rings is 1. The summed E-state index contributed by atoms with van der Waals surface area (Å²) in [5.74, 6) is -1.02. The lowest BCUT2D eigenvalue weighted by atomic mass is 10.1. The van der Waals surface area contributed by atoms with Crippen molar-refractivity contribution in [3.05, 3.63) is 59.5 Å². The van der Waals surface area contributed by atoms with Crippen molar-refractivity contribution < 1.29 is 23.8 Å². The minimum absolute atomic E-state index is 0.352. The number of hydrogen-bond acceptors (Lipinski definition) is 8. The van der Waals surface area contributed by atoms with Gasteiger partial charge in [-0.15, -0.1) is 11.3 Å². The lowest BCUT2D eigenvalue weighted by Gasteiger charge is -2.37. The van der Waals surface area contributed by atoms with Gasteiger partial charge >= 0.3 is 5.97 Å². The van der Waals surface area contributed by atoms with Crippen molar-refractivity contribution in [2.24, 2.45) is 0 Å². The SMILES string of the molecule is COC(Cc1ccccc1)N1SN(CC(=O)O)C(=O)c2c1sc(-c1ncco1)c2C. The Balaban J connectivity index is 1.78. The third kappa shape index (κ3) is 3.81. The molecule has 0 aliphatic carbocycles. The Kier molecular flexibility index (Phi) is 5.80. The molecule has 0 fully saturated rings. The number of anilines is 1. The molecule has 3 aromatic rings. The topological polar surface area (TPSA) is 96.1 Å². The first kappa shape index (κ1) is 20.5. The summed E-state index contributed by atoms with van der Waals surface area (Å²) in [6.45, 7) is 1.39. The molecule has 0 bridgehead atoms. The van der Waals surface area contributed by atoms with Crippen LogP contribution in [-0.2, 0) is 16.0 Å². The first-order valence-electron chi connectivity index (χ1n) is 9.10. The molecule has 1 aliphatic heterocycles. The maximum Gasteiger partial charge on any atom is 0.324 e. The smallest absolute Gasteiger partial charge is 0.324 e. The number of benzene rings is 1. The summed E-state index contributed by atoms with van der Waals surface area (Å²) < 4.78 is 14.3. The Labute approximate surface area is 181 Å². The van der Waals surface area contributed by atoms with Crippen molar-refractivity contribution in [2.45, 2.75) is 19.6 Å². The van der Waals surface area contributed by atoms with E-state index >= 15 is 0 Å². The maximum absolute atomic E-state index is 13.1. The van der Waals surface area contributed by atoms with Gasteiger partial charge < -0.3 is 14.3 Å². The van der Waals surface area contributed by atoms with Gasteiger partial charge in [-0.1, -0.05) is 30.3 Å². The highest BCUT2D eigenvalue weighted by Crippen LogP contribution is 2.48.